The van der Waals surface area contributed by atoms with E-state index in [1.54, 1.807) is 4.68 Å². The van der Waals surface area contributed by atoms with Crippen molar-refractivity contribution in [3.63, 3.8) is 0 Å². The number of hydrogen-bond donors (Lipinski definition) is 0. The fraction of sp³-hybridized carbons (Fsp3) is 0.727. The summed E-state index contributed by atoms with van der Waals surface area (Å²) >= 11 is 0. The van der Waals surface area contributed by atoms with Gasteiger partial charge in [-0.3, -0.25) is 4.79 Å². The van der Waals surface area contributed by atoms with Crippen molar-refractivity contribution in [2.24, 2.45) is 5.92 Å². The second kappa shape index (κ2) is 5.17. The number of sulfone groups is 1. The molecule has 1 saturated heterocycles. The van der Waals surface area contributed by atoms with Crippen LogP contribution in [0.3, 0.4) is 0 Å². The summed E-state index contributed by atoms with van der Waals surface area (Å²) in [4.78, 5) is 16.0. The minimum Gasteiger partial charge on any atom is -0.291 e. The zero-order valence-electron chi connectivity index (χ0n) is 10.4. The molecule has 0 radical (unpaired) electrons. The molecule has 6 nitrogen and oxygen atoms in total. The molecule has 7 heteroatoms. The van der Waals surface area contributed by atoms with E-state index < -0.39 is 9.84 Å². The van der Waals surface area contributed by atoms with E-state index in [2.05, 4.69) is 10.1 Å². The van der Waals surface area contributed by atoms with Crippen LogP contribution in [0.5, 0.6) is 0 Å². The first-order chi connectivity index (χ1) is 8.52. The van der Waals surface area contributed by atoms with Gasteiger partial charge in [0.2, 0.25) is 0 Å². The largest absolute Gasteiger partial charge is 0.291 e. The van der Waals surface area contributed by atoms with Crippen LogP contribution in [0.15, 0.2) is 6.33 Å². The highest BCUT2D eigenvalue weighted by Crippen LogP contribution is 2.22. The molecule has 1 aliphatic heterocycles. The Balaban J connectivity index is 2.02. The van der Waals surface area contributed by atoms with Crippen molar-refractivity contribution in [2.75, 3.05) is 11.5 Å². The molecule has 0 aliphatic carbocycles. The van der Waals surface area contributed by atoms with E-state index >= 15 is 0 Å². The Bertz CT molecular complexity index is 535. The maximum Gasteiger partial charge on any atom is 0.200 e. The number of aromatic nitrogens is 3. The Kier molecular flexibility index (Phi) is 3.79. The summed E-state index contributed by atoms with van der Waals surface area (Å²) in [6.07, 6.45) is 3.08. The molecule has 0 amide bonds. The van der Waals surface area contributed by atoms with Crippen molar-refractivity contribution in [1.82, 2.24) is 14.8 Å². The summed E-state index contributed by atoms with van der Waals surface area (Å²) < 4.78 is 24.3. The van der Waals surface area contributed by atoms with Crippen LogP contribution in [-0.2, 0) is 16.4 Å². The summed E-state index contributed by atoms with van der Waals surface area (Å²) in [6, 6.07) is 0. The minimum absolute atomic E-state index is 0.0609. The van der Waals surface area contributed by atoms with Crippen molar-refractivity contribution in [1.29, 1.82) is 0 Å². The molecule has 2 heterocycles. The predicted octanol–water partition coefficient (Wildman–Crippen LogP) is 0.696. The average Bonchev–Trinajstić information content (AvgIpc) is 2.86. The summed E-state index contributed by atoms with van der Waals surface area (Å²) in [5.74, 6) is 0.506. The van der Waals surface area contributed by atoms with Crippen molar-refractivity contribution in [3.05, 3.63) is 12.2 Å². The lowest BCUT2D eigenvalue weighted by Crippen LogP contribution is -2.16. The van der Waals surface area contributed by atoms with E-state index in [9.17, 15) is 13.2 Å². The van der Waals surface area contributed by atoms with Crippen LogP contribution in [0.25, 0.3) is 0 Å². The van der Waals surface area contributed by atoms with Gasteiger partial charge in [-0.25, -0.2) is 18.1 Å². The quantitative estimate of drug-likeness (QED) is 0.736. The van der Waals surface area contributed by atoms with Gasteiger partial charge in [-0.15, -0.1) is 0 Å². The summed E-state index contributed by atoms with van der Waals surface area (Å²) in [7, 11) is -2.93. The normalized spacial score (nSPS) is 22.2. The molecule has 1 aliphatic rings. The Morgan fingerprint density at radius 3 is 2.94 bits per heavy atom. The molecular weight excluding hydrogens is 254 g/mol. The molecular formula is C11H17N3O3S. The van der Waals surface area contributed by atoms with Crippen molar-refractivity contribution in [3.8, 4) is 0 Å². The number of carbonyl (C=O) groups excluding carboxylic acids is 1. The highest BCUT2D eigenvalue weighted by Gasteiger charge is 2.30. The zero-order valence-corrected chi connectivity index (χ0v) is 11.2. The van der Waals surface area contributed by atoms with Crippen LogP contribution < -0.4 is 0 Å². The van der Waals surface area contributed by atoms with Crippen LogP contribution in [0.1, 0.15) is 36.8 Å². The van der Waals surface area contributed by atoms with E-state index in [4.69, 9.17) is 0 Å². The van der Waals surface area contributed by atoms with Gasteiger partial charge in [0.25, 0.3) is 0 Å². The van der Waals surface area contributed by atoms with Gasteiger partial charge in [0.1, 0.15) is 6.33 Å². The third-order valence-corrected chi connectivity index (χ3v) is 4.94. The smallest absolute Gasteiger partial charge is 0.200 e. The third kappa shape index (κ3) is 2.95. The van der Waals surface area contributed by atoms with Crippen LogP contribution in [-0.4, -0.2) is 40.5 Å². The highest BCUT2D eigenvalue weighted by molar-refractivity contribution is 7.91. The number of ketones is 1. The lowest BCUT2D eigenvalue weighted by atomic mass is 10.0. The lowest BCUT2D eigenvalue weighted by Gasteiger charge is -2.07. The zero-order chi connectivity index (χ0) is 13.2. The van der Waals surface area contributed by atoms with Crippen LogP contribution in [0, 0.1) is 5.92 Å². The molecule has 1 atom stereocenters. The molecule has 1 aromatic heterocycles. The maximum atomic E-state index is 12.1. The summed E-state index contributed by atoms with van der Waals surface area (Å²) in [6.45, 7) is 2.66. The van der Waals surface area contributed by atoms with E-state index in [1.807, 2.05) is 6.92 Å². The van der Waals surface area contributed by atoms with Gasteiger partial charge in [0.15, 0.2) is 21.4 Å². The first kappa shape index (κ1) is 13.2. The fourth-order valence-corrected chi connectivity index (χ4v) is 4.10. The molecule has 0 bridgehead atoms. The number of rotatable bonds is 5. The number of Topliss-reactive ketones (excluding diaryl/α,β-unsaturated/α-hetero) is 1. The van der Waals surface area contributed by atoms with Gasteiger partial charge >= 0.3 is 0 Å². The van der Waals surface area contributed by atoms with Gasteiger partial charge in [0.05, 0.1) is 11.5 Å². The molecule has 0 aromatic carbocycles. The molecule has 2 rings (SSSR count). The first-order valence-electron chi connectivity index (χ1n) is 6.13. The second-order valence-electron chi connectivity index (χ2n) is 4.70. The topological polar surface area (TPSA) is 81.9 Å². The van der Waals surface area contributed by atoms with Gasteiger partial charge in [-0.2, -0.15) is 5.10 Å². The molecule has 0 spiro atoms. The highest BCUT2D eigenvalue weighted by atomic mass is 32.2. The molecule has 1 fully saturated rings. The van der Waals surface area contributed by atoms with Gasteiger partial charge in [0, 0.05) is 13.0 Å². The standard InChI is InChI=1S/C11H17N3O3S/c1-2-4-14-11(12-8-13-14)10(15)6-9-3-5-18(16,17)7-9/h8-9H,2-7H2,1H3. The van der Waals surface area contributed by atoms with Crippen LogP contribution in [0.4, 0.5) is 0 Å². The van der Waals surface area contributed by atoms with Crippen LogP contribution in [0.2, 0.25) is 0 Å². The molecule has 0 saturated carbocycles. The first-order valence-corrected chi connectivity index (χ1v) is 7.95. The van der Waals surface area contributed by atoms with Gasteiger partial charge in [-0.05, 0) is 18.8 Å². The number of hydrogen-bond acceptors (Lipinski definition) is 5. The summed E-state index contributed by atoms with van der Waals surface area (Å²) in [5, 5.41) is 4.00. The van der Waals surface area contributed by atoms with Crippen molar-refractivity contribution in [2.45, 2.75) is 32.7 Å². The maximum absolute atomic E-state index is 12.1. The van der Waals surface area contributed by atoms with E-state index in [1.165, 1.54) is 6.33 Å². The van der Waals surface area contributed by atoms with E-state index in [0.717, 1.165) is 6.42 Å². The summed E-state index contributed by atoms with van der Waals surface area (Å²) in [5.41, 5.74) is 0. The molecule has 18 heavy (non-hydrogen) atoms. The minimum atomic E-state index is -2.93. The molecule has 0 N–H and O–H groups in total. The van der Waals surface area contributed by atoms with Crippen molar-refractivity contribution < 1.29 is 13.2 Å². The van der Waals surface area contributed by atoms with Crippen LogP contribution >= 0.6 is 0 Å². The third-order valence-electron chi connectivity index (χ3n) is 3.10. The Morgan fingerprint density at radius 1 is 1.56 bits per heavy atom. The Labute approximate surface area is 106 Å². The SMILES string of the molecule is CCCn1ncnc1C(=O)CC1CCS(=O)(=O)C1. The fourth-order valence-electron chi connectivity index (χ4n) is 2.24. The average molecular weight is 271 g/mol. The Hall–Kier alpha value is -1.24. The number of nitrogens with zero attached hydrogens (tertiary/aromatic N) is 3. The monoisotopic (exact) mass is 271 g/mol. The van der Waals surface area contributed by atoms with Gasteiger partial charge < -0.3 is 0 Å². The number of carbonyl (C=O) groups is 1. The molecule has 1 unspecified atom stereocenters. The van der Waals surface area contributed by atoms with E-state index in [-0.39, 0.29) is 29.6 Å². The van der Waals surface area contributed by atoms with Gasteiger partial charge in [-0.1, -0.05) is 6.92 Å². The number of aryl methyl sites for hydroxylation is 1. The van der Waals surface area contributed by atoms with Crippen molar-refractivity contribution >= 4 is 15.6 Å². The predicted molar refractivity (Wildman–Crippen MR) is 66.0 cm³/mol. The molecule has 1 aromatic rings. The second-order valence-corrected chi connectivity index (χ2v) is 6.93. The Morgan fingerprint density at radius 2 is 2.33 bits per heavy atom. The lowest BCUT2D eigenvalue weighted by molar-refractivity contribution is 0.0949. The molecule has 100 valence electrons. The van der Waals surface area contributed by atoms with E-state index in [0.29, 0.717) is 18.8 Å².